The lowest BCUT2D eigenvalue weighted by molar-refractivity contribution is 0.651. The van der Waals surface area contributed by atoms with Crippen molar-refractivity contribution in [1.82, 2.24) is 18.7 Å². The molecule has 0 aliphatic heterocycles. The van der Waals surface area contributed by atoms with E-state index >= 15 is 0 Å². The molecule has 0 aliphatic carbocycles. The first-order valence-electron chi connectivity index (χ1n) is 6.36. The third-order valence-corrected chi connectivity index (χ3v) is 3.82. The molecule has 2 aromatic heterocycles. The Balaban J connectivity index is 2.30. The molecule has 7 heteroatoms. The van der Waals surface area contributed by atoms with Gasteiger partial charge in [0.05, 0.1) is 6.54 Å². The molecule has 0 amide bonds. The number of hydrogen-bond donors (Lipinski definition) is 0. The standard InChI is InChI=1S/C14H13ClN4O2/c1-17-11-10(16-13(17)15)12(20)19(14(21)18(11)2)8-9-6-4-3-5-7-9/h3-7H,8H2,1-2H3. The molecular formula is C14H13ClN4O2. The van der Waals surface area contributed by atoms with Gasteiger partial charge in [-0.15, -0.1) is 0 Å². The Bertz CT molecular complexity index is 937. The summed E-state index contributed by atoms with van der Waals surface area (Å²) in [5, 5.41) is 0.176. The fourth-order valence-corrected chi connectivity index (χ4v) is 2.55. The van der Waals surface area contributed by atoms with Gasteiger partial charge in [-0.25, -0.2) is 9.78 Å². The maximum atomic E-state index is 12.5. The highest BCUT2D eigenvalue weighted by molar-refractivity contribution is 6.29. The zero-order valence-corrected chi connectivity index (χ0v) is 12.3. The van der Waals surface area contributed by atoms with Gasteiger partial charge in [0.1, 0.15) is 0 Å². The van der Waals surface area contributed by atoms with Crippen LogP contribution in [0.2, 0.25) is 5.28 Å². The molecule has 21 heavy (non-hydrogen) atoms. The molecule has 0 aliphatic rings. The fraction of sp³-hybridized carbons (Fsp3) is 0.214. The minimum atomic E-state index is -0.431. The normalized spacial score (nSPS) is 11.2. The maximum absolute atomic E-state index is 12.5. The number of benzene rings is 1. The van der Waals surface area contributed by atoms with Crippen molar-refractivity contribution in [2.45, 2.75) is 6.54 Å². The summed E-state index contributed by atoms with van der Waals surface area (Å²) in [5.74, 6) is 0. The number of rotatable bonds is 2. The highest BCUT2D eigenvalue weighted by Gasteiger charge is 2.17. The molecule has 0 unspecified atom stereocenters. The van der Waals surface area contributed by atoms with Crippen LogP contribution in [0.4, 0.5) is 0 Å². The summed E-state index contributed by atoms with van der Waals surface area (Å²) in [6.07, 6.45) is 0. The van der Waals surface area contributed by atoms with E-state index in [1.54, 1.807) is 14.1 Å². The molecule has 0 saturated carbocycles. The van der Waals surface area contributed by atoms with E-state index in [4.69, 9.17) is 11.6 Å². The van der Waals surface area contributed by atoms with Crippen molar-refractivity contribution in [3.8, 4) is 0 Å². The number of nitrogens with zero attached hydrogens (tertiary/aromatic N) is 4. The van der Waals surface area contributed by atoms with Crippen molar-refractivity contribution in [2.75, 3.05) is 0 Å². The van der Waals surface area contributed by atoms with Gasteiger partial charge in [-0.2, -0.15) is 0 Å². The lowest BCUT2D eigenvalue weighted by Crippen LogP contribution is -2.39. The van der Waals surface area contributed by atoms with Crippen molar-refractivity contribution in [1.29, 1.82) is 0 Å². The zero-order chi connectivity index (χ0) is 15.1. The van der Waals surface area contributed by atoms with E-state index in [-0.39, 0.29) is 17.3 Å². The molecule has 0 saturated heterocycles. The van der Waals surface area contributed by atoms with Crippen LogP contribution >= 0.6 is 11.6 Å². The molecule has 0 atom stereocenters. The molecule has 3 aromatic rings. The van der Waals surface area contributed by atoms with Gasteiger partial charge >= 0.3 is 5.69 Å². The van der Waals surface area contributed by atoms with E-state index in [0.717, 1.165) is 5.56 Å². The Morgan fingerprint density at radius 1 is 1.10 bits per heavy atom. The second kappa shape index (κ2) is 4.89. The van der Waals surface area contributed by atoms with Crippen LogP contribution in [0.1, 0.15) is 5.56 Å². The summed E-state index contributed by atoms with van der Waals surface area (Å²) in [6.45, 7) is 0.205. The summed E-state index contributed by atoms with van der Waals surface area (Å²) in [4.78, 5) is 28.9. The Labute approximate surface area is 124 Å². The van der Waals surface area contributed by atoms with Crippen LogP contribution in [-0.4, -0.2) is 18.7 Å². The number of aryl methyl sites for hydroxylation is 2. The molecule has 0 fully saturated rings. The highest BCUT2D eigenvalue weighted by atomic mass is 35.5. The van der Waals surface area contributed by atoms with Gasteiger partial charge in [-0.1, -0.05) is 30.3 Å². The Morgan fingerprint density at radius 3 is 2.43 bits per heavy atom. The van der Waals surface area contributed by atoms with E-state index in [9.17, 15) is 9.59 Å². The van der Waals surface area contributed by atoms with Crippen LogP contribution in [0, 0.1) is 0 Å². The van der Waals surface area contributed by atoms with Crippen LogP contribution in [-0.2, 0) is 20.6 Å². The molecule has 0 bridgehead atoms. The average Bonchev–Trinajstić information content (AvgIpc) is 2.79. The van der Waals surface area contributed by atoms with E-state index in [1.165, 1.54) is 13.7 Å². The van der Waals surface area contributed by atoms with Crippen molar-refractivity contribution >= 4 is 22.8 Å². The van der Waals surface area contributed by atoms with Gasteiger partial charge in [-0.3, -0.25) is 13.9 Å². The second-order valence-corrected chi connectivity index (χ2v) is 5.17. The van der Waals surface area contributed by atoms with Crippen LogP contribution in [0.3, 0.4) is 0 Å². The van der Waals surface area contributed by atoms with Gasteiger partial charge in [-0.05, 0) is 17.2 Å². The van der Waals surface area contributed by atoms with E-state index < -0.39 is 11.2 Å². The summed E-state index contributed by atoms with van der Waals surface area (Å²) < 4.78 is 4.08. The van der Waals surface area contributed by atoms with Gasteiger partial charge in [0.15, 0.2) is 11.2 Å². The monoisotopic (exact) mass is 304 g/mol. The molecule has 108 valence electrons. The topological polar surface area (TPSA) is 61.8 Å². The third-order valence-electron chi connectivity index (χ3n) is 3.48. The quantitative estimate of drug-likeness (QED) is 0.667. The average molecular weight is 305 g/mol. The first-order valence-corrected chi connectivity index (χ1v) is 6.74. The molecule has 0 spiro atoms. The number of halogens is 1. The molecular weight excluding hydrogens is 292 g/mol. The number of aromatic nitrogens is 4. The summed E-state index contributed by atoms with van der Waals surface area (Å²) in [6, 6.07) is 9.33. The zero-order valence-electron chi connectivity index (χ0n) is 11.6. The molecule has 2 heterocycles. The van der Waals surface area contributed by atoms with Crippen LogP contribution in [0.5, 0.6) is 0 Å². The largest absolute Gasteiger partial charge is 0.332 e. The molecule has 3 rings (SSSR count). The van der Waals surface area contributed by atoms with Gasteiger partial charge < -0.3 is 4.57 Å². The molecule has 0 N–H and O–H groups in total. The summed E-state index contributed by atoms with van der Waals surface area (Å²) >= 11 is 5.95. The Morgan fingerprint density at radius 2 is 1.76 bits per heavy atom. The Kier molecular flexibility index (Phi) is 3.17. The van der Waals surface area contributed by atoms with Crippen LogP contribution < -0.4 is 11.2 Å². The minimum Gasteiger partial charge on any atom is -0.304 e. The summed E-state index contributed by atoms with van der Waals surface area (Å²) in [5.41, 5.74) is 0.661. The number of fused-ring (bicyclic) bond motifs is 1. The molecule has 0 radical (unpaired) electrons. The lowest BCUT2D eigenvalue weighted by Gasteiger charge is -2.09. The van der Waals surface area contributed by atoms with Crippen molar-refractivity contribution < 1.29 is 0 Å². The SMILES string of the molecule is Cn1c(Cl)nc2c(=O)n(Cc3ccccc3)c(=O)n(C)c21. The Hall–Kier alpha value is -2.34. The van der Waals surface area contributed by atoms with Crippen molar-refractivity contribution in [3.63, 3.8) is 0 Å². The minimum absolute atomic E-state index is 0.176. The highest BCUT2D eigenvalue weighted by Crippen LogP contribution is 2.13. The fourth-order valence-electron chi connectivity index (χ4n) is 2.38. The summed E-state index contributed by atoms with van der Waals surface area (Å²) in [7, 11) is 3.27. The van der Waals surface area contributed by atoms with Crippen molar-refractivity contribution in [2.24, 2.45) is 14.1 Å². The lowest BCUT2D eigenvalue weighted by atomic mass is 10.2. The number of imidazole rings is 1. The van der Waals surface area contributed by atoms with Crippen LogP contribution in [0.15, 0.2) is 39.9 Å². The smallest absolute Gasteiger partial charge is 0.304 e. The van der Waals surface area contributed by atoms with E-state index in [1.807, 2.05) is 30.3 Å². The van der Waals surface area contributed by atoms with E-state index in [0.29, 0.717) is 5.65 Å². The first kappa shape index (κ1) is 13.6. The van der Waals surface area contributed by atoms with Gasteiger partial charge in [0.2, 0.25) is 5.28 Å². The van der Waals surface area contributed by atoms with E-state index in [2.05, 4.69) is 4.98 Å². The predicted molar refractivity (Wildman–Crippen MR) is 80.8 cm³/mol. The predicted octanol–water partition coefficient (Wildman–Crippen LogP) is 1.14. The molecule has 6 nitrogen and oxygen atoms in total. The maximum Gasteiger partial charge on any atom is 0.332 e. The third kappa shape index (κ3) is 2.08. The second-order valence-electron chi connectivity index (χ2n) is 4.83. The van der Waals surface area contributed by atoms with Gasteiger partial charge in [0, 0.05) is 14.1 Å². The van der Waals surface area contributed by atoms with Crippen LogP contribution in [0.25, 0.3) is 11.2 Å². The molecule has 1 aromatic carbocycles. The van der Waals surface area contributed by atoms with Crippen molar-refractivity contribution in [3.05, 3.63) is 62.0 Å². The van der Waals surface area contributed by atoms with Gasteiger partial charge in [0.25, 0.3) is 5.56 Å². The number of hydrogen-bond acceptors (Lipinski definition) is 3. The first-order chi connectivity index (χ1) is 10.0.